The van der Waals surface area contributed by atoms with Crippen LogP contribution in [-0.2, 0) is 0 Å². The number of hydrogen-bond acceptors (Lipinski definition) is 4. The number of thiophene rings is 1. The predicted octanol–water partition coefficient (Wildman–Crippen LogP) is 4.60. The summed E-state index contributed by atoms with van der Waals surface area (Å²) in [6.45, 7) is 3.75. The molecule has 4 aromatic rings. The van der Waals surface area contributed by atoms with Gasteiger partial charge >= 0.3 is 0 Å². The molecule has 0 saturated heterocycles. The van der Waals surface area contributed by atoms with Crippen LogP contribution in [0.5, 0.6) is 0 Å². The molecule has 6 nitrogen and oxygen atoms in total. The van der Waals surface area contributed by atoms with E-state index in [9.17, 15) is 14.4 Å². The normalized spacial score (nSPS) is 10.7. The van der Waals surface area contributed by atoms with Gasteiger partial charge in [0.2, 0.25) is 0 Å². The van der Waals surface area contributed by atoms with Crippen LogP contribution in [0.4, 0.5) is 9.39 Å². The fourth-order valence-corrected chi connectivity index (χ4v) is 4.05. The van der Waals surface area contributed by atoms with Crippen LogP contribution in [0, 0.1) is 31.0 Å². The van der Waals surface area contributed by atoms with Crippen molar-refractivity contribution in [2.45, 2.75) is 13.8 Å². The molecule has 4 rings (SSSR count). The largest absolute Gasteiger partial charge is 0.312 e. The van der Waals surface area contributed by atoms with Gasteiger partial charge in [-0.25, -0.2) is 9.07 Å². The van der Waals surface area contributed by atoms with Crippen LogP contribution in [0.1, 0.15) is 26.4 Å². The monoisotopic (exact) mass is 405 g/mol. The number of para-hydroxylation sites is 1. The summed E-state index contributed by atoms with van der Waals surface area (Å²) < 4.78 is 17.5. The Morgan fingerprint density at radius 1 is 1.21 bits per heavy atom. The van der Waals surface area contributed by atoms with Crippen LogP contribution in [0.15, 0.2) is 55.0 Å². The van der Waals surface area contributed by atoms with E-state index in [2.05, 4.69) is 16.5 Å². The second kappa shape index (κ2) is 7.37. The summed E-state index contributed by atoms with van der Waals surface area (Å²) in [5.41, 5.74) is 1.79. The molecule has 144 valence electrons. The molecular formula is C21H16FN5OS. The van der Waals surface area contributed by atoms with Gasteiger partial charge in [0.15, 0.2) is 5.82 Å². The molecular weight excluding hydrogens is 389 g/mol. The highest BCUT2D eigenvalue weighted by Crippen LogP contribution is 2.32. The minimum absolute atomic E-state index is 0.232. The molecule has 0 fully saturated rings. The molecule has 0 spiro atoms. The van der Waals surface area contributed by atoms with Crippen molar-refractivity contribution in [3.63, 3.8) is 0 Å². The molecule has 0 radical (unpaired) electrons. The fourth-order valence-electron chi connectivity index (χ4n) is 3.05. The SMILES string of the molecule is Cc1sc(NC(=O)c2cnn(-c3ccccc3F)c2-n2cccc2)c(C#N)c1C. The second-order valence-corrected chi connectivity index (χ2v) is 7.61. The molecule has 1 amide bonds. The van der Waals surface area contributed by atoms with Crippen LogP contribution < -0.4 is 5.32 Å². The van der Waals surface area contributed by atoms with Gasteiger partial charge in [-0.3, -0.25) is 4.79 Å². The van der Waals surface area contributed by atoms with E-state index in [1.54, 1.807) is 47.3 Å². The van der Waals surface area contributed by atoms with Gasteiger partial charge in [-0.2, -0.15) is 10.4 Å². The highest BCUT2D eigenvalue weighted by atomic mass is 32.1. The molecule has 3 aromatic heterocycles. The summed E-state index contributed by atoms with van der Waals surface area (Å²) in [4.78, 5) is 14.0. The van der Waals surface area contributed by atoms with Crippen molar-refractivity contribution in [3.05, 3.63) is 82.4 Å². The lowest BCUT2D eigenvalue weighted by atomic mass is 10.2. The van der Waals surface area contributed by atoms with Gasteiger partial charge in [0.25, 0.3) is 5.91 Å². The van der Waals surface area contributed by atoms with E-state index in [-0.39, 0.29) is 11.3 Å². The quantitative estimate of drug-likeness (QED) is 0.539. The van der Waals surface area contributed by atoms with Gasteiger partial charge in [0, 0.05) is 17.3 Å². The molecule has 0 aliphatic carbocycles. The molecule has 1 aromatic carbocycles. The van der Waals surface area contributed by atoms with E-state index >= 15 is 0 Å². The zero-order valence-corrected chi connectivity index (χ0v) is 16.5. The van der Waals surface area contributed by atoms with Crippen molar-refractivity contribution in [1.29, 1.82) is 5.26 Å². The van der Waals surface area contributed by atoms with E-state index in [0.29, 0.717) is 16.4 Å². The molecule has 1 N–H and O–H groups in total. The van der Waals surface area contributed by atoms with Crippen LogP contribution in [0.25, 0.3) is 11.5 Å². The topological polar surface area (TPSA) is 75.6 Å². The number of aryl methyl sites for hydroxylation is 1. The van der Waals surface area contributed by atoms with Crippen molar-refractivity contribution in [3.8, 4) is 17.6 Å². The molecule has 0 bridgehead atoms. The summed E-state index contributed by atoms with van der Waals surface area (Å²) in [5, 5.41) is 17.0. The number of carbonyl (C=O) groups is 1. The van der Waals surface area contributed by atoms with E-state index in [1.807, 2.05) is 13.8 Å². The zero-order valence-electron chi connectivity index (χ0n) is 15.7. The average Bonchev–Trinajstić information content (AvgIpc) is 3.42. The highest BCUT2D eigenvalue weighted by molar-refractivity contribution is 7.16. The number of nitriles is 1. The summed E-state index contributed by atoms with van der Waals surface area (Å²) >= 11 is 1.35. The lowest BCUT2D eigenvalue weighted by Crippen LogP contribution is -2.15. The van der Waals surface area contributed by atoms with Crippen molar-refractivity contribution in [2.24, 2.45) is 0 Å². The summed E-state index contributed by atoms with van der Waals surface area (Å²) in [5.74, 6) is -0.470. The Kier molecular flexibility index (Phi) is 4.74. The van der Waals surface area contributed by atoms with Crippen LogP contribution in [-0.4, -0.2) is 20.3 Å². The standard InChI is InChI=1S/C21H16FN5OS/c1-13-14(2)29-20(15(13)11-23)25-19(28)16-12-24-27(18-8-4-3-7-17(18)22)21(16)26-9-5-6-10-26/h3-10,12H,1-2H3,(H,25,28). The Hall–Kier alpha value is -3.70. The van der Waals surface area contributed by atoms with Gasteiger partial charge in [-0.05, 0) is 43.7 Å². The maximum Gasteiger partial charge on any atom is 0.261 e. The van der Waals surface area contributed by atoms with Crippen molar-refractivity contribution in [2.75, 3.05) is 5.32 Å². The molecule has 29 heavy (non-hydrogen) atoms. The number of nitrogens with one attached hydrogen (secondary N) is 1. The Balaban J connectivity index is 1.81. The number of hydrogen-bond donors (Lipinski definition) is 1. The molecule has 0 unspecified atom stereocenters. The summed E-state index contributed by atoms with van der Waals surface area (Å²) in [7, 11) is 0. The first-order valence-corrected chi connectivity index (χ1v) is 9.60. The van der Waals surface area contributed by atoms with Gasteiger partial charge < -0.3 is 9.88 Å². The smallest absolute Gasteiger partial charge is 0.261 e. The molecule has 0 atom stereocenters. The fraction of sp³-hybridized carbons (Fsp3) is 0.0952. The van der Waals surface area contributed by atoms with Gasteiger partial charge in [0.05, 0.1) is 11.8 Å². The number of benzene rings is 1. The molecule has 3 heterocycles. The number of aromatic nitrogens is 3. The molecule has 0 saturated carbocycles. The van der Waals surface area contributed by atoms with Crippen molar-refractivity contribution in [1.82, 2.24) is 14.3 Å². The maximum atomic E-state index is 14.4. The average molecular weight is 405 g/mol. The lowest BCUT2D eigenvalue weighted by Gasteiger charge is -2.11. The first-order valence-electron chi connectivity index (χ1n) is 8.79. The number of nitrogens with zero attached hydrogens (tertiary/aromatic N) is 4. The van der Waals surface area contributed by atoms with Gasteiger partial charge in [-0.15, -0.1) is 11.3 Å². The number of anilines is 1. The van der Waals surface area contributed by atoms with E-state index in [4.69, 9.17) is 0 Å². The van der Waals surface area contributed by atoms with E-state index < -0.39 is 11.7 Å². The summed E-state index contributed by atoms with van der Waals surface area (Å²) in [6.07, 6.45) is 4.91. The number of halogens is 1. The third-order valence-corrected chi connectivity index (χ3v) is 5.76. The van der Waals surface area contributed by atoms with Crippen molar-refractivity contribution < 1.29 is 9.18 Å². The van der Waals surface area contributed by atoms with Crippen LogP contribution in [0.2, 0.25) is 0 Å². The number of rotatable bonds is 4. The van der Waals surface area contributed by atoms with Gasteiger partial charge in [-0.1, -0.05) is 12.1 Å². The Morgan fingerprint density at radius 2 is 1.93 bits per heavy atom. The number of carbonyl (C=O) groups excluding carboxylic acids is 1. The minimum Gasteiger partial charge on any atom is -0.312 e. The minimum atomic E-state index is -0.452. The Morgan fingerprint density at radius 3 is 2.62 bits per heavy atom. The molecule has 8 heteroatoms. The third kappa shape index (κ3) is 3.22. The van der Waals surface area contributed by atoms with Gasteiger partial charge in [0.1, 0.15) is 28.1 Å². The van der Waals surface area contributed by atoms with Crippen molar-refractivity contribution >= 4 is 22.2 Å². The summed E-state index contributed by atoms with van der Waals surface area (Å²) in [6, 6.07) is 12.0. The molecule has 0 aliphatic heterocycles. The van der Waals surface area contributed by atoms with E-state index in [0.717, 1.165) is 10.4 Å². The maximum absolute atomic E-state index is 14.4. The Labute approximate surface area is 170 Å². The first-order chi connectivity index (χ1) is 14.0. The molecule has 0 aliphatic rings. The second-order valence-electron chi connectivity index (χ2n) is 6.39. The first kappa shape index (κ1) is 18.7. The Bertz CT molecular complexity index is 1250. The predicted molar refractivity (Wildman–Crippen MR) is 109 cm³/mol. The van der Waals surface area contributed by atoms with E-state index in [1.165, 1.54) is 28.3 Å². The third-order valence-electron chi connectivity index (χ3n) is 4.64. The van der Waals surface area contributed by atoms with Crippen LogP contribution in [0.3, 0.4) is 0 Å². The van der Waals surface area contributed by atoms with Crippen LogP contribution >= 0.6 is 11.3 Å². The highest BCUT2D eigenvalue weighted by Gasteiger charge is 2.23. The zero-order chi connectivity index (χ0) is 20.5. The number of amides is 1. The lowest BCUT2D eigenvalue weighted by molar-refractivity contribution is 0.102.